The van der Waals surface area contributed by atoms with Gasteiger partial charge in [-0.05, 0) is 48.7 Å². The summed E-state index contributed by atoms with van der Waals surface area (Å²) in [6.07, 6.45) is 1.89. The fourth-order valence-corrected chi connectivity index (χ4v) is 4.30. The first-order chi connectivity index (χ1) is 12.6. The quantitative estimate of drug-likeness (QED) is 0.685. The van der Waals surface area contributed by atoms with Gasteiger partial charge in [0.15, 0.2) is 5.78 Å². The zero-order chi connectivity index (χ0) is 18.3. The molecule has 2 aliphatic rings. The van der Waals surface area contributed by atoms with Crippen LogP contribution in [0, 0.1) is 5.82 Å². The van der Waals surface area contributed by atoms with Gasteiger partial charge in [-0.25, -0.2) is 4.39 Å². The van der Waals surface area contributed by atoms with Crippen molar-refractivity contribution < 1.29 is 14.0 Å². The number of carbonyl (C=O) groups is 2. The molecule has 0 saturated carbocycles. The van der Waals surface area contributed by atoms with Crippen LogP contribution < -0.4 is 4.90 Å². The Kier molecular flexibility index (Phi) is 4.49. The molecule has 4 rings (SSSR count). The Morgan fingerprint density at radius 3 is 2.58 bits per heavy atom. The van der Waals surface area contributed by atoms with E-state index in [2.05, 4.69) is 15.9 Å². The molecule has 0 N–H and O–H groups in total. The van der Waals surface area contributed by atoms with Gasteiger partial charge in [-0.15, -0.1) is 0 Å². The maximum absolute atomic E-state index is 14.5. The zero-order valence-electron chi connectivity index (χ0n) is 14.0. The number of hydrogen-bond acceptors (Lipinski definition) is 2. The number of benzene rings is 2. The molecule has 3 nitrogen and oxygen atoms in total. The van der Waals surface area contributed by atoms with E-state index >= 15 is 0 Å². The summed E-state index contributed by atoms with van der Waals surface area (Å²) in [6, 6.07) is 14.0. The Balaban J connectivity index is 1.89. The van der Waals surface area contributed by atoms with Crippen molar-refractivity contribution in [1.29, 1.82) is 0 Å². The molecule has 1 unspecified atom stereocenters. The van der Waals surface area contributed by atoms with Crippen molar-refractivity contribution in [3.63, 3.8) is 0 Å². The van der Waals surface area contributed by atoms with Crippen molar-refractivity contribution in [2.45, 2.75) is 31.6 Å². The van der Waals surface area contributed by atoms with E-state index in [1.165, 1.54) is 6.07 Å². The number of para-hydroxylation sites is 1. The lowest BCUT2D eigenvalue weighted by molar-refractivity contribution is -0.119. The van der Waals surface area contributed by atoms with Crippen LogP contribution in [0.25, 0.3) is 0 Å². The van der Waals surface area contributed by atoms with Crippen LogP contribution in [0.5, 0.6) is 0 Å². The fraction of sp³-hybridized carbons (Fsp3) is 0.238. The molecule has 0 spiro atoms. The van der Waals surface area contributed by atoms with Crippen molar-refractivity contribution in [1.82, 2.24) is 0 Å². The molecular formula is C21H17BrFNO2. The second kappa shape index (κ2) is 6.80. The van der Waals surface area contributed by atoms with Gasteiger partial charge in [-0.3, -0.25) is 14.5 Å². The van der Waals surface area contributed by atoms with E-state index in [0.29, 0.717) is 30.4 Å². The molecule has 0 bridgehead atoms. The Hall–Kier alpha value is -2.27. The van der Waals surface area contributed by atoms with Crippen LogP contribution in [0.4, 0.5) is 10.1 Å². The molecule has 5 heteroatoms. The first-order valence-corrected chi connectivity index (χ1v) is 9.45. The maximum atomic E-state index is 14.5. The summed E-state index contributed by atoms with van der Waals surface area (Å²) < 4.78 is 15.2. The Bertz CT molecular complexity index is 923. The molecule has 26 heavy (non-hydrogen) atoms. The molecule has 0 saturated heterocycles. The summed E-state index contributed by atoms with van der Waals surface area (Å²) in [6.45, 7) is 0. The number of hydrogen-bond donors (Lipinski definition) is 0. The fourth-order valence-electron chi connectivity index (χ4n) is 3.92. The van der Waals surface area contributed by atoms with Gasteiger partial charge >= 0.3 is 0 Å². The van der Waals surface area contributed by atoms with Gasteiger partial charge in [-0.1, -0.05) is 34.1 Å². The number of Topliss-reactive ketones (excluding diaryl/α,β-unsaturated/α-hetero) is 1. The molecule has 2 aromatic rings. The number of anilines is 1. The third kappa shape index (κ3) is 2.90. The van der Waals surface area contributed by atoms with Crippen molar-refractivity contribution in [2.24, 2.45) is 0 Å². The minimum Gasteiger partial charge on any atom is -0.294 e. The highest BCUT2D eigenvalue weighted by atomic mass is 79.9. The molecule has 0 fully saturated rings. The SMILES string of the molecule is O=C1CCCC2=C1C(c1cc(Br)ccc1F)CC(=O)N2c1ccccc1. The van der Waals surface area contributed by atoms with E-state index in [4.69, 9.17) is 0 Å². The van der Waals surface area contributed by atoms with Crippen LogP contribution in [-0.2, 0) is 9.59 Å². The predicted molar refractivity (Wildman–Crippen MR) is 101 cm³/mol. The highest BCUT2D eigenvalue weighted by Crippen LogP contribution is 2.44. The molecule has 0 radical (unpaired) electrons. The number of halogens is 2. The minimum atomic E-state index is -0.525. The van der Waals surface area contributed by atoms with Gasteiger partial charge in [0.2, 0.25) is 5.91 Å². The van der Waals surface area contributed by atoms with Crippen LogP contribution in [0.15, 0.2) is 64.3 Å². The van der Waals surface area contributed by atoms with Gasteiger partial charge in [0.25, 0.3) is 0 Å². The van der Waals surface area contributed by atoms with Gasteiger partial charge in [0.1, 0.15) is 5.82 Å². The molecule has 0 aromatic heterocycles. The second-order valence-corrected chi connectivity index (χ2v) is 7.54. The lowest BCUT2D eigenvalue weighted by Gasteiger charge is -2.38. The molecule has 1 aliphatic carbocycles. The van der Waals surface area contributed by atoms with Crippen molar-refractivity contribution in [3.8, 4) is 0 Å². The van der Waals surface area contributed by atoms with Crippen molar-refractivity contribution in [2.75, 3.05) is 4.90 Å². The van der Waals surface area contributed by atoms with Crippen LogP contribution in [0.3, 0.4) is 0 Å². The lowest BCUT2D eigenvalue weighted by atomic mass is 9.77. The summed E-state index contributed by atoms with van der Waals surface area (Å²) in [7, 11) is 0. The average molecular weight is 414 g/mol. The van der Waals surface area contributed by atoms with Crippen LogP contribution in [0.2, 0.25) is 0 Å². The molecule has 132 valence electrons. The summed E-state index contributed by atoms with van der Waals surface area (Å²) in [5.74, 6) is -0.995. The largest absolute Gasteiger partial charge is 0.294 e. The number of amides is 1. The zero-order valence-corrected chi connectivity index (χ0v) is 15.6. The summed E-state index contributed by atoms with van der Waals surface area (Å²) >= 11 is 3.37. The monoisotopic (exact) mass is 413 g/mol. The van der Waals surface area contributed by atoms with Crippen LogP contribution in [0.1, 0.15) is 37.2 Å². The molecule has 1 amide bonds. The van der Waals surface area contributed by atoms with Crippen LogP contribution >= 0.6 is 15.9 Å². The third-order valence-corrected chi connectivity index (χ3v) is 5.52. The van der Waals surface area contributed by atoms with Gasteiger partial charge in [-0.2, -0.15) is 0 Å². The Morgan fingerprint density at radius 1 is 1.04 bits per heavy atom. The van der Waals surface area contributed by atoms with Crippen LogP contribution in [-0.4, -0.2) is 11.7 Å². The standard InChI is InChI=1S/C21H17BrFNO2/c22-13-9-10-17(23)15(11-13)16-12-20(26)24(14-5-2-1-3-6-14)18-7-4-8-19(25)21(16)18/h1-3,5-6,9-11,16H,4,7-8,12H2. The highest BCUT2D eigenvalue weighted by Gasteiger charge is 2.40. The number of nitrogens with zero attached hydrogens (tertiary/aromatic N) is 1. The van der Waals surface area contributed by atoms with Crippen molar-refractivity contribution in [3.05, 3.63) is 75.7 Å². The van der Waals surface area contributed by atoms with Gasteiger partial charge in [0.05, 0.1) is 0 Å². The van der Waals surface area contributed by atoms with E-state index in [1.807, 2.05) is 30.3 Å². The number of carbonyl (C=O) groups excluding carboxylic acids is 2. The third-order valence-electron chi connectivity index (χ3n) is 5.02. The Morgan fingerprint density at radius 2 is 1.81 bits per heavy atom. The topological polar surface area (TPSA) is 37.4 Å². The Labute approximate surface area is 159 Å². The van der Waals surface area contributed by atoms with Crippen molar-refractivity contribution >= 4 is 33.3 Å². The maximum Gasteiger partial charge on any atom is 0.232 e. The average Bonchev–Trinajstić information content (AvgIpc) is 2.64. The van der Waals surface area contributed by atoms with Gasteiger partial charge in [0, 0.05) is 40.2 Å². The van der Waals surface area contributed by atoms with Gasteiger partial charge < -0.3 is 0 Å². The van der Waals surface area contributed by atoms with E-state index in [0.717, 1.165) is 15.9 Å². The number of ketones is 1. The molecule has 2 aromatic carbocycles. The molecule has 1 aliphatic heterocycles. The smallest absolute Gasteiger partial charge is 0.232 e. The van der Waals surface area contributed by atoms with E-state index in [-0.39, 0.29) is 23.9 Å². The predicted octanol–water partition coefficient (Wildman–Crippen LogP) is 5.12. The molecule has 1 heterocycles. The van der Waals surface area contributed by atoms with E-state index < -0.39 is 5.92 Å². The normalized spacial score (nSPS) is 20.4. The van der Waals surface area contributed by atoms with E-state index in [1.54, 1.807) is 17.0 Å². The molecule has 1 atom stereocenters. The minimum absolute atomic E-state index is 0.0176. The molecular weight excluding hydrogens is 397 g/mol. The number of allylic oxidation sites excluding steroid dienone is 2. The summed E-state index contributed by atoms with van der Waals surface area (Å²) in [5.41, 5.74) is 2.49. The highest BCUT2D eigenvalue weighted by molar-refractivity contribution is 9.10. The van der Waals surface area contributed by atoms with E-state index in [9.17, 15) is 14.0 Å². The second-order valence-electron chi connectivity index (χ2n) is 6.62. The number of rotatable bonds is 2. The summed E-state index contributed by atoms with van der Waals surface area (Å²) in [4.78, 5) is 27.4. The first kappa shape index (κ1) is 17.2. The lowest BCUT2D eigenvalue weighted by Crippen LogP contribution is -2.40. The summed E-state index contributed by atoms with van der Waals surface area (Å²) in [5, 5.41) is 0. The first-order valence-electron chi connectivity index (χ1n) is 8.65.